The highest BCUT2D eigenvalue weighted by molar-refractivity contribution is 5.95. The van der Waals surface area contributed by atoms with E-state index in [1.165, 1.54) is 23.0 Å². The van der Waals surface area contributed by atoms with E-state index in [4.69, 9.17) is 10.5 Å². The normalized spacial score (nSPS) is 13.8. The summed E-state index contributed by atoms with van der Waals surface area (Å²) >= 11 is 0. The third-order valence-electron chi connectivity index (χ3n) is 7.78. The van der Waals surface area contributed by atoms with Gasteiger partial charge in [0.05, 0.1) is 29.1 Å². The van der Waals surface area contributed by atoms with Crippen molar-refractivity contribution in [3.8, 4) is 11.1 Å². The minimum absolute atomic E-state index is 0.0216. The second-order valence-corrected chi connectivity index (χ2v) is 11.4. The number of benzene rings is 2. The molecule has 1 fully saturated rings. The van der Waals surface area contributed by atoms with E-state index < -0.39 is 35.3 Å². The maximum atomic E-state index is 14.3. The number of hydrogen-bond acceptors (Lipinski definition) is 6. The van der Waals surface area contributed by atoms with Crippen LogP contribution >= 0.6 is 0 Å². The Hall–Kier alpha value is -5.04. The number of amides is 3. The highest BCUT2D eigenvalue weighted by Gasteiger charge is 2.34. The number of hydrogen-bond donors (Lipinski definition) is 2. The predicted molar refractivity (Wildman–Crippen MR) is 162 cm³/mol. The monoisotopic (exact) mass is 634 g/mol. The number of pyridine rings is 1. The van der Waals surface area contributed by atoms with E-state index in [2.05, 4.69) is 15.4 Å². The molecule has 1 aliphatic heterocycles. The Morgan fingerprint density at radius 3 is 2.41 bits per heavy atom. The van der Waals surface area contributed by atoms with Crippen molar-refractivity contribution in [3.05, 3.63) is 106 Å². The van der Waals surface area contributed by atoms with Crippen LogP contribution in [0.5, 0.6) is 0 Å². The average molecular weight is 635 g/mol. The Kier molecular flexibility index (Phi) is 9.52. The number of carbonyl (C=O) groups excluding carboxylic acids is 3. The largest absolute Gasteiger partial charge is 0.378 e. The summed E-state index contributed by atoms with van der Waals surface area (Å²) in [5.41, 5.74) is 7.22. The molecule has 2 aromatic carbocycles. The Morgan fingerprint density at radius 2 is 1.76 bits per heavy atom. The molecule has 240 valence electrons. The van der Waals surface area contributed by atoms with Crippen molar-refractivity contribution in [2.24, 2.45) is 5.73 Å². The van der Waals surface area contributed by atoms with Crippen LogP contribution in [0.4, 0.5) is 13.2 Å². The topological polar surface area (TPSA) is 132 Å². The molecule has 1 aliphatic rings. The minimum Gasteiger partial charge on any atom is -0.378 e. The van der Waals surface area contributed by atoms with Crippen molar-refractivity contribution in [1.82, 2.24) is 25.0 Å². The van der Waals surface area contributed by atoms with Crippen molar-refractivity contribution in [1.29, 1.82) is 0 Å². The van der Waals surface area contributed by atoms with Crippen molar-refractivity contribution >= 4 is 17.7 Å². The van der Waals surface area contributed by atoms with Gasteiger partial charge in [-0.25, -0.2) is 13.2 Å². The number of halogens is 3. The van der Waals surface area contributed by atoms with E-state index in [0.29, 0.717) is 29.9 Å². The molecule has 4 aromatic rings. The number of carbonyl (C=O) groups is 3. The predicted octanol–water partition coefficient (Wildman–Crippen LogP) is 4.16. The zero-order valence-electron chi connectivity index (χ0n) is 25.5. The number of nitrogens with two attached hydrogens (primary N) is 1. The quantitative estimate of drug-likeness (QED) is 0.255. The SMILES string of the molecule is COC1CN(C(=O)c2cc(C(C)C)nn2CC(=O)NC(Cc2cc(F)cc(F)c2)c2ncccc2-c2ccc(F)c(C(N)=O)c2)C1. The maximum Gasteiger partial charge on any atom is 0.272 e. The van der Waals surface area contributed by atoms with Crippen LogP contribution in [0.15, 0.2) is 60.8 Å². The summed E-state index contributed by atoms with van der Waals surface area (Å²) in [4.78, 5) is 44.9. The fourth-order valence-electron chi connectivity index (χ4n) is 5.30. The molecule has 0 saturated carbocycles. The lowest BCUT2D eigenvalue weighted by atomic mass is 9.94. The third-order valence-corrected chi connectivity index (χ3v) is 7.78. The number of nitrogens with one attached hydrogen (secondary N) is 1. The summed E-state index contributed by atoms with van der Waals surface area (Å²) in [6.07, 6.45) is 1.33. The first-order valence-electron chi connectivity index (χ1n) is 14.6. The lowest BCUT2D eigenvalue weighted by Gasteiger charge is -2.38. The molecule has 0 bridgehead atoms. The fourth-order valence-corrected chi connectivity index (χ4v) is 5.30. The molecule has 46 heavy (non-hydrogen) atoms. The van der Waals surface area contributed by atoms with Crippen molar-refractivity contribution in [3.63, 3.8) is 0 Å². The first kappa shape index (κ1) is 32.4. The van der Waals surface area contributed by atoms with Crippen molar-refractivity contribution < 1.29 is 32.3 Å². The van der Waals surface area contributed by atoms with Crippen LogP contribution in [0.25, 0.3) is 11.1 Å². The second-order valence-electron chi connectivity index (χ2n) is 11.4. The van der Waals surface area contributed by atoms with Gasteiger partial charge in [0, 0.05) is 38.0 Å². The van der Waals surface area contributed by atoms with Crippen LogP contribution < -0.4 is 11.1 Å². The van der Waals surface area contributed by atoms with E-state index in [-0.39, 0.29) is 53.4 Å². The van der Waals surface area contributed by atoms with Gasteiger partial charge in [0.15, 0.2) is 0 Å². The maximum absolute atomic E-state index is 14.3. The molecule has 1 saturated heterocycles. The van der Waals surface area contributed by atoms with Crippen molar-refractivity contribution in [2.75, 3.05) is 20.2 Å². The number of methoxy groups -OCH3 is 1. The molecule has 3 N–H and O–H groups in total. The number of primary amides is 1. The molecule has 5 rings (SSSR count). The van der Waals surface area contributed by atoms with Crippen LogP contribution in [-0.4, -0.2) is 63.7 Å². The van der Waals surface area contributed by atoms with Gasteiger partial charge in [-0.15, -0.1) is 0 Å². The highest BCUT2D eigenvalue weighted by atomic mass is 19.1. The van der Waals surface area contributed by atoms with E-state index in [1.54, 1.807) is 30.2 Å². The number of ether oxygens (including phenoxy) is 1. The van der Waals surface area contributed by atoms with Gasteiger partial charge in [-0.1, -0.05) is 26.0 Å². The first-order chi connectivity index (χ1) is 21.9. The zero-order chi connectivity index (χ0) is 33.1. The zero-order valence-corrected chi connectivity index (χ0v) is 25.5. The molecule has 0 spiro atoms. The number of nitrogens with zero attached hydrogens (tertiary/aromatic N) is 4. The van der Waals surface area contributed by atoms with Crippen LogP contribution in [-0.2, 0) is 22.5 Å². The molecular weight excluding hydrogens is 601 g/mol. The summed E-state index contributed by atoms with van der Waals surface area (Å²) in [6, 6.07) is 10.8. The number of likely N-dealkylation sites (tertiary alicyclic amines) is 1. The van der Waals surface area contributed by atoms with E-state index in [1.807, 2.05) is 13.8 Å². The molecule has 1 atom stereocenters. The van der Waals surface area contributed by atoms with E-state index in [0.717, 1.165) is 24.3 Å². The van der Waals surface area contributed by atoms with Gasteiger partial charge in [0.2, 0.25) is 5.91 Å². The van der Waals surface area contributed by atoms with Gasteiger partial charge in [0.25, 0.3) is 11.8 Å². The summed E-state index contributed by atoms with van der Waals surface area (Å²) in [6.45, 7) is 4.33. The molecule has 2 aromatic heterocycles. The second kappa shape index (κ2) is 13.5. The van der Waals surface area contributed by atoms with Gasteiger partial charge in [-0.05, 0) is 59.9 Å². The van der Waals surface area contributed by atoms with Crippen LogP contribution in [0.3, 0.4) is 0 Å². The Balaban J connectivity index is 1.49. The lowest BCUT2D eigenvalue weighted by Crippen LogP contribution is -2.54. The third kappa shape index (κ3) is 7.09. The first-order valence-corrected chi connectivity index (χ1v) is 14.6. The highest BCUT2D eigenvalue weighted by Crippen LogP contribution is 2.30. The number of aromatic nitrogens is 3. The molecule has 13 heteroatoms. The minimum atomic E-state index is -0.966. The summed E-state index contributed by atoms with van der Waals surface area (Å²) in [5.74, 6) is -4.23. The van der Waals surface area contributed by atoms with Crippen LogP contribution in [0.1, 0.15) is 63.6 Å². The molecule has 0 aliphatic carbocycles. The molecule has 10 nitrogen and oxygen atoms in total. The average Bonchev–Trinajstić information content (AvgIpc) is 3.40. The smallest absolute Gasteiger partial charge is 0.272 e. The number of rotatable bonds is 11. The molecule has 1 unspecified atom stereocenters. The molecule has 0 radical (unpaired) electrons. The van der Waals surface area contributed by atoms with E-state index in [9.17, 15) is 27.6 Å². The molecular formula is C33H33F3N6O4. The van der Waals surface area contributed by atoms with Crippen molar-refractivity contribution in [2.45, 2.75) is 44.9 Å². The fraction of sp³-hybridized carbons (Fsp3) is 0.303. The standard InChI is InChI=1S/C33H33F3N6O4/c1-18(2)27-14-29(33(45)41-15-23(16-41)46-3)42(40-27)17-30(43)39-28(11-19-9-21(34)13-22(35)10-19)31-24(5-4-8-38-31)20-6-7-26(36)25(12-20)32(37)44/h4-10,12-14,18,23,28H,11,15-17H2,1-3H3,(H2,37,44)(H,39,43). The lowest BCUT2D eigenvalue weighted by molar-refractivity contribution is -0.122. The molecule has 3 heterocycles. The van der Waals surface area contributed by atoms with Crippen LogP contribution in [0, 0.1) is 17.5 Å². The summed E-state index contributed by atoms with van der Waals surface area (Å²) in [5, 5.41) is 7.41. The van der Waals surface area contributed by atoms with Gasteiger partial charge in [0.1, 0.15) is 29.7 Å². The van der Waals surface area contributed by atoms with Crippen LogP contribution in [0.2, 0.25) is 0 Å². The van der Waals surface area contributed by atoms with Gasteiger partial charge < -0.3 is 20.7 Å². The Labute approximate surface area is 263 Å². The molecule has 3 amide bonds. The van der Waals surface area contributed by atoms with E-state index >= 15 is 0 Å². The van der Waals surface area contributed by atoms with Gasteiger partial charge in [-0.2, -0.15) is 5.10 Å². The Bertz CT molecular complexity index is 1770. The van der Waals surface area contributed by atoms with Gasteiger partial charge in [-0.3, -0.25) is 24.0 Å². The summed E-state index contributed by atoms with van der Waals surface area (Å²) in [7, 11) is 1.58. The summed E-state index contributed by atoms with van der Waals surface area (Å²) < 4.78 is 49.3. The van der Waals surface area contributed by atoms with Gasteiger partial charge >= 0.3 is 0 Å². The Morgan fingerprint density at radius 1 is 1.04 bits per heavy atom.